The summed E-state index contributed by atoms with van der Waals surface area (Å²) < 4.78 is 0. The van der Waals surface area contributed by atoms with Crippen LogP contribution in [0.3, 0.4) is 0 Å². The molecule has 1 fully saturated rings. The summed E-state index contributed by atoms with van der Waals surface area (Å²) in [5.41, 5.74) is 0.191. The van der Waals surface area contributed by atoms with Crippen molar-refractivity contribution in [1.82, 2.24) is 5.32 Å². The lowest BCUT2D eigenvalue weighted by atomic mass is 10.0. The van der Waals surface area contributed by atoms with Gasteiger partial charge in [0.2, 0.25) is 6.41 Å². The molecule has 0 aromatic heterocycles. The van der Waals surface area contributed by atoms with Crippen LogP contribution >= 0.6 is 0 Å². The van der Waals surface area contributed by atoms with Crippen molar-refractivity contribution in [3.63, 3.8) is 0 Å². The number of amides is 1. The van der Waals surface area contributed by atoms with E-state index in [1.165, 1.54) is 0 Å². The van der Waals surface area contributed by atoms with Gasteiger partial charge in [0.25, 0.3) is 0 Å². The van der Waals surface area contributed by atoms with Crippen LogP contribution in [0.2, 0.25) is 0 Å². The Labute approximate surface area is 77.3 Å². The molecule has 0 spiro atoms. The standard InChI is InChI=1S/C9H15NO3/c1-9(2)4-6(9)7(10-5-11)3-8(12)13/h5-7H,3-4H2,1-2H3,(H,10,11)(H,12,13)/t6?,7-/m0/s1. The van der Waals surface area contributed by atoms with Crippen LogP contribution in [0.25, 0.3) is 0 Å². The minimum atomic E-state index is -0.859. The summed E-state index contributed by atoms with van der Waals surface area (Å²) in [5.74, 6) is -0.546. The molecule has 1 unspecified atom stereocenters. The van der Waals surface area contributed by atoms with E-state index in [-0.39, 0.29) is 17.9 Å². The number of hydrogen-bond acceptors (Lipinski definition) is 2. The number of carboxylic acids is 1. The average molecular weight is 185 g/mol. The second-order valence-electron chi connectivity index (χ2n) is 4.29. The van der Waals surface area contributed by atoms with Crippen molar-refractivity contribution in [3.05, 3.63) is 0 Å². The van der Waals surface area contributed by atoms with Crippen LogP contribution in [0.15, 0.2) is 0 Å². The van der Waals surface area contributed by atoms with Crippen LogP contribution in [0.1, 0.15) is 26.7 Å². The summed E-state index contributed by atoms with van der Waals surface area (Å²) in [6.07, 6.45) is 1.60. The average Bonchev–Trinajstić information content (AvgIpc) is 2.58. The summed E-state index contributed by atoms with van der Waals surface area (Å²) in [4.78, 5) is 20.7. The fraction of sp³-hybridized carbons (Fsp3) is 0.778. The molecule has 13 heavy (non-hydrogen) atoms. The molecule has 0 bridgehead atoms. The lowest BCUT2D eigenvalue weighted by Crippen LogP contribution is -2.33. The zero-order valence-electron chi connectivity index (χ0n) is 7.91. The third-order valence-electron chi connectivity index (χ3n) is 2.75. The Morgan fingerprint density at radius 3 is 2.62 bits per heavy atom. The zero-order chi connectivity index (χ0) is 10.1. The van der Waals surface area contributed by atoms with Gasteiger partial charge >= 0.3 is 5.97 Å². The highest BCUT2D eigenvalue weighted by atomic mass is 16.4. The Hall–Kier alpha value is -1.06. The van der Waals surface area contributed by atoms with Gasteiger partial charge in [-0.25, -0.2) is 0 Å². The van der Waals surface area contributed by atoms with Gasteiger partial charge in [0.1, 0.15) is 0 Å². The Morgan fingerprint density at radius 2 is 2.31 bits per heavy atom. The van der Waals surface area contributed by atoms with Crippen molar-refractivity contribution in [3.8, 4) is 0 Å². The van der Waals surface area contributed by atoms with Gasteiger partial charge in [0.15, 0.2) is 0 Å². The topological polar surface area (TPSA) is 66.4 Å². The molecule has 1 rings (SSSR count). The molecule has 1 aliphatic rings. The third kappa shape index (κ3) is 2.44. The van der Waals surface area contributed by atoms with E-state index in [9.17, 15) is 9.59 Å². The van der Waals surface area contributed by atoms with Crippen LogP contribution in [-0.4, -0.2) is 23.5 Å². The second kappa shape index (κ2) is 3.36. The maximum absolute atomic E-state index is 10.5. The molecule has 0 saturated heterocycles. The highest BCUT2D eigenvalue weighted by Gasteiger charge is 2.50. The van der Waals surface area contributed by atoms with E-state index in [4.69, 9.17) is 5.11 Å². The first-order valence-electron chi connectivity index (χ1n) is 4.39. The fourth-order valence-corrected chi connectivity index (χ4v) is 1.79. The van der Waals surface area contributed by atoms with E-state index in [0.29, 0.717) is 12.3 Å². The molecule has 0 aromatic carbocycles. The zero-order valence-corrected chi connectivity index (χ0v) is 7.91. The molecule has 1 amide bonds. The lowest BCUT2D eigenvalue weighted by Gasteiger charge is -2.15. The Kier molecular flexibility index (Phi) is 2.59. The summed E-state index contributed by atoms with van der Waals surface area (Å²) >= 11 is 0. The number of hydrogen-bond donors (Lipinski definition) is 2. The first kappa shape index (κ1) is 10.0. The van der Waals surface area contributed by atoms with Crippen molar-refractivity contribution in [1.29, 1.82) is 0 Å². The molecule has 0 aliphatic heterocycles. The van der Waals surface area contributed by atoms with Crippen molar-refractivity contribution < 1.29 is 14.7 Å². The van der Waals surface area contributed by atoms with Crippen molar-refractivity contribution in [2.24, 2.45) is 11.3 Å². The number of rotatable bonds is 5. The largest absolute Gasteiger partial charge is 0.481 e. The SMILES string of the molecule is CC1(C)CC1[C@H](CC(=O)O)NC=O. The molecule has 0 heterocycles. The van der Waals surface area contributed by atoms with Gasteiger partial charge in [-0.1, -0.05) is 13.8 Å². The van der Waals surface area contributed by atoms with Crippen LogP contribution in [-0.2, 0) is 9.59 Å². The van der Waals surface area contributed by atoms with Crippen LogP contribution in [0.4, 0.5) is 0 Å². The summed E-state index contributed by atoms with van der Waals surface area (Å²) in [6.45, 7) is 4.16. The maximum atomic E-state index is 10.5. The van der Waals surface area contributed by atoms with Crippen LogP contribution in [0.5, 0.6) is 0 Å². The minimum Gasteiger partial charge on any atom is -0.481 e. The van der Waals surface area contributed by atoms with Crippen molar-refractivity contribution >= 4 is 12.4 Å². The van der Waals surface area contributed by atoms with Gasteiger partial charge in [0, 0.05) is 6.04 Å². The lowest BCUT2D eigenvalue weighted by molar-refractivity contribution is -0.137. The van der Waals surface area contributed by atoms with Crippen molar-refractivity contribution in [2.75, 3.05) is 0 Å². The molecular weight excluding hydrogens is 170 g/mol. The molecule has 2 atom stereocenters. The molecule has 4 nitrogen and oxygen atoms in total. The fourth-order valence-electron chi connectivity index (χ4n) is 1.79. The first-order chi connectivity index (χ1) is 5.97. The van der Waals surface area contributed by atoms with Crippen molar-refractivity contribution in [2.45, 2.75) is 32.7 Å². The number of aliphatic carboxylic acids is 1. The Bertz CT molecular complexity index is 225. The molecule has 2 N–H and O–H groups in total. The van der Waals surface area contributed by atoms with E-state index in [2.05, 4.69) is 19.2 Å². The highest BCUT2D eigenvalue weighted by molar-refractivity contribution is 5.68. The molecule has 74 valence electrons. The quantitative estimate of drug-likeness (QED) is 0.617. The Balaban J connectivity index is 2.49. The minimum absolute atomic E-state index is 0.0207. The predicted octanol–water partition coefficient (Wildman–Crippen LogP) is 0.622. The van der Waals surface area contributed by atoms with Gasteiger partial charge in [0.05, 0.1) is 6.42 Å². The molecule has 0 aromatic rings. The summed E-state index contributed by atoms with van der Waals surface area (Å²) in [5, 5.41) is 11.2. The van der Waals surface area contributed by atoms with E-state index < -0.39 is 5.97 Å². The number of carbonyl (C=O) groups is 2. The molecule has 1 aliphatic carbocycles. The van der Waals surface area contributed by atoms with E-state index >= 15 is 0 Å². The maximum Gasteiger partial charge on any atom is 0.305 e. The summed E-state index contributed by atoms with van der Waals surface area (Å²) in [6, 6.07) is -0.204. The highest BCUT2D eigenvalue weighted by Crippen LogP contribution is 2.54. The second-order valence-corrected chi connectivity index (χ2v) is 4.29. The third-order valence-corrected chi connectivity index (χ3v) is 2.75. The molecule has 1 saturated carbocycles. The van der Waals surface area contributed by atoms with Gasteiger partial charge in [-0.3, -0.25) is 9.59 Å². The van der Waals surface area contributed by atoms with Gasteiger partial charge in [-0.05, 0) is 17.8 Å². The number of carboxylic acid groups (broad SMARTS) is 1. The first-order valence-corrected chi connectivity index (χ1v) is 4.39. The molecule has 4 heteroatoms. The smallest absolute Gasteiger partial charge is 0.305 e. The molecular formula is C9H15NO3. The number of nitrogens with one attached hydrogen (secondary N) is 1. The van der Waals surface area contributed by atoms with E-state index in [1.54, 1.807) is 0 Å². The summed E-state index contributed by atoms with van der Waals surface area (Å²) in [7, 11) is 0. The monoisotopic (exact) mass is 185 g/mol. The van der Waals surface area contributed by atoms with Gasteiger partial charge in [-0.2, -0.15) is 0 Å². The molecule has 0 radical (unpaired) electrons. The van der Waals surface area contributed by atoms with Crippen LogP contribution < -0.4 is 5.32 Å². The normalized spacial score (nSPS) is 26.2. The predicted molar refractivity (Wildman–Crippen MR) is 47.1 cm³/mol. The van der Waals surface area contributed by atoms with Gasteiger partial charge in [-0.15, -0.1) is 0 Å². The van der Waals surface area contributed by atoms with Crippen LogP contribution in [0, 0.1) is 11.3 Å². The Morgan fingerprint density at radius 1 is 1.77 bits per heavy atom. The van der Waals surface area contributed by atoms with E-state index in [1.807, 2.05) is 0 Å². The van der Waals surface area contributed by atoms with Gasteiger partial charge < -0.3 is 10.4 Å². The van der Waals surface area contributed by atoms with E-state index in [0.717, 1.165) is 6.42 Å². The number of carbonyl (C=O) groups excluding carboxylic acids is 1.